The van der Waals surface area contributed by atoms with Crippen molar-refractivity contribution in [2.45, 2.75) is 39.5 Å². The van der Waals surface area contributed by atoms with E-state index < -0.39 is 13.8 Å². The highest BCUT2D eigenvalue weighted by Crippen LogP contribution is 2.43. The van der Waals surface area contributed by atoms with Crippen molar-refractivity contribution in [1.82, 2.24) is 0 Å². The zero-order valence-electron chi connectivity index (χ0n) is 12.2. The van der Waals surface area contributed by atoms with Gasteiger partial charge in [0, 0.05) is 6.08 Å². The third-order valence-electron chi connectivity index (χ3n) is 2.77. The standard InChI is InChI=1S/C13H25O6P/c1-4-7-8-12(5-2)11-19-20(15,16)18-10-9-17-13(14)6-3/h6,12H,3-5,7-11H2,1-2H3,(H,15,16). The number of hydrogen-bond donors (Lipinski definition) is 1. The van der Waals surface area contributed by atoms with Crippen molar-refractivity contribution >= 4 is 13.8 Å². The molecule has 0 amide bonds. The number of carbonyl (C=O) groups excluding carboxylic acids is 1. The van der Waals surface area contributed by atoms with E-state index in [9.17, 15) is 14.3 Å². The number of hydrogen-bond acceptors (Lipinski definition) is 5. The van der Waals surface area contributed by atoms with E-state index in [2.05, 4.69) is 18.2 Å². The maximum absolute atomic E-state index is 11.6. The van der Waals surface area contributed by atoms with E-state index in [1.807, 2.05) is 6.92 Å². The fourth-order valence-electron chi connectivity index (χ4n) is 1.49. The van der Waals surface area contributed by atoms with Gasteiger partial charge in [-0.3, -0.25) is 9.05 Å². The lowest BCUT2D eigenvalue weighted by atomic mass is 10.0. The Bertz CT molecular complexity index is 331. The number of phosphoric acid groups is 1. The summed E-state index contributed by atoms with van der Waals surface area (Å²) in [5, 5.41) is 0. The third kappa shape index (κ3) is 10.1. The van der Waals surface area contributed by atoms with Gasteiger partial charge in [-0.2, -0.15) is 0 Å². The fourth-order valence-corrected chi connectivity index (χ4v) is 2.27. The van der Waals surface area contributed by atoms with Crippen molar-refractivity contribution in [1.29, 1.82) is 0 Å². The van der Waals surface area contributed by atoms with Gasteiger partial charge in [-0.25, -0.2) is 9.36 Å². The molecule has 1 N–H and O–H groups in total. The van der Waals surface area contributed by atoms with Gasteiger partial charge in [-0.15, -0.1) is 0 Å². The summed E-state index contributed by atoms with van der Waals surface area (Å²) in [6, 6.07) is 0. The van der Waals surface area contributed by atoms with Crippen LogP contribution >= 0.6 is 7.82 Å². The molecule has 2 atom stereocenters. The van der Waals surface area contributed by atoms with Crippen LogP contribution in [-0.4, -0.2) is 30.7 Å². The summed E-state index contributed by atoms with van der Waals surface area (Å²) in [4.78, 5) is 20.2. The van der Waals surface area contributed by atoms with Gasteiger partial charge in [-0.05, 0) is 12.3 Å². The maximum Gasteiger partial charge on any atom is 0.472 e. The van der Waals surface area contributed by atoms with Crippen LogP contribution in [0.5, 0.6) is 0 Å². The monoisotopic (exact) mass is 308 g/mol. The van der Waals surface area contributed by atoms with Gasteiger partial charge in [0.05, 0.1) is 13.2 Å². The molecule has 0 radical (unpaired) electrons. The maximum atomic E-state index is 11.6. The molecule has 2 unspecified atom stereocenters. The van der Waals surface area contributed by atoms with Crippen LogP contribution in [0.4, 0.5) is 0 Å². The average Bonchev–Trinajstić information content (AvgIpc) is 2.43. The van der Waals surface area contributed by atoms with Crippen LogP contribution < -0.4 is 0 Å². The topological polar surface area (TPSA) is 82.1 Å². The predicted molar refractivity (Wildman–Crippen MR) is 76.2 cm³/mol. The molecule has 0 aromatic heterocycles. The Balaban J connectivity index is 3.90. The molecular formula is C13H25O6P. The zero-order valence-corrected chi connectivity index (χ0v) is 13.1. The predicted octanol–water partition coefficient (Wildman–Crippen LogP) is 3.07. The van der Waals surface area contributed by atoms with Crippen LogP contribution in [0, 0.1) is 5.92 Å². The molecule has 0 spiro atoms. The van der Waals surface area contributed by atoms with Crippen LogP contribution in [0.3, 0.4) is 0 Å². The summed E-state index contributed by atoms with van der Waals surface area (Å²) in [5.74, 6) is -0.356. The van der Waals surface area contributed by atoms with Gasteiger partial charge in [0.25, 0.3) is 0 Å². The Morgan fingerprint density at radius 1 is 1.35 bits per heavy atom. The van der Waals surface area contributed by atoms with Crippen molar-refractivity contribution < 1.29 is 28.0 Å². The van der Waals surface area contributed by atoms with Crippen molar-refractivity contribution in [3.05, 3.63) is 12.7 Å². The summed E-state index contributed by atoms with van der Waals surface area (Å²) in [6.45, 7) is 7.21. The Morgan fingerprint density at radius 2 is 2.05 bits per heavy atom. The van der Waals surface area contributed by atoms with Gasteiger partial charge in [-0.1, -0.05) is 39.7 Å². The number of esters is 1. The molecule has 6 nitrogen and oxygen atoms in total. The van der Waals surface area contributed by atoms with Gasteiger partial charge >= 0.3 is 13.8 Å². The van der Waals surface area contributed by atoms with Gasteiger partial charge in [0.2, 0.25) is 0 Å². The van der Waals surface area contributed by atoms with E-state index in [0.29, 0.717) is 0 Å². The van der Waals surface area contributed by atoms with E-state index in [1.165, 1.54) is 0 Å². The molecule has 0 fully saturated rings. The van der Waals surface area contributed by atoms with Crippen LogP contribution in [-0.2, 0) is 23.1 Å². The normalized spacial score (nSPS) is 15.3. The number of rotatable bonds is 12. The Kier molecular flexibility index (Phi) is 10.7. The highest BCUT2D eigenvalue weighted by molar-refractivity contribution is 7.47. The highest BCUT2D eigenvalue weighted by Gasteiger charge is 2.22. The molecule has 0 rings (SSSR count). The quantitative estimate of drug-likeness (QED) is 0.258. The number of carbonyl (C=O) groups is 1. The molecule has 0 heterocycles. The van der Waals surface area contributed by atoms with E-state index in [0.717, 1.165) is 31.8 Å². The second-order valence-electron chi connectivity index (χ2n) is 4.39. The summed E-state index contributed by atoms with van der Waals surface area (Å²) in [5.41, 5.74) is 0. The third-order valence-corrected chi connectivity index (χ3v) is 3.75. The summed E-state index contributed by atoms with van der Waals surface area (Å²) >= 11 is 0. The lowest BCUT2D eigenvalue weighted by Crippen LogP contribution is -2.11. The number of ether oxygens (including phenoxy) is 1. The molecular weight excluding hydrogens is 283 g/mol. The molecule has 0 aromatic rings. The van der Waals surface area contributed by atoms with E-state index in [4.69, 9.17) is 9.05 Å². The summed E-state index contributed by atoms with van der Waals surface area (Å²) < 4.78 is 25.8. The minimum Gasteiger partial charge on any atom is -0.460 e. The minimum absolute atomic E-state index is 0.119. The minimum atomic E-state index is -4.08. The first kappa shape index (κ1) is 19.3. The first-order chi connectivity index (χ1) is 9.45. The second-order valence-corrected chi connectivity index (χ2v) is 5.84. The Hall–Kier alpha value is -0.680. The average molecular weight is 308 g/mol. The Labute approximate surface area is 120 Å². The molecule has 0 bridgehead atoms. The largest absolute Gasteiger partial charge is 0.472 e. The SMILES string of the molecule is C=CC(=O)OCCOP(=O)(O)OCC(CC)CCCC. The zero-order chi connectivity index (χ0) is 15.4. The molecule has 20 heavy (non-hydrogen) atoms. The highest BCUT2D eigenvalue weighted by atomic mass is 31.2. The summed E-state index contributed by atoms with van der Waals surface area (Å²) in [7, 11) is -4.08. The van der Waals surface area contributed by atoms with Crippen LogP contribution in [0.2, 0.25) is 0 Å². The van der Waals surface area contributed by atoms with Gasteiger partial charge in [0.15, 0.2) is 0 Å². The second kappa shape index (κ2) is 11.0. The van der Waals surface area contributed by atoms with Crippen LogP contribution in [0.15, 0.2) is 12.7 Å². The van der Waals surface area contributed by atoms with Crippen LogP contribution in [0.1, 0.15) is 39.5 Å². The molecule has 0 aliphatic rings. The van der Waals surface area contributed by atoms with Crippen molar-refractivity contribution in [3.8, 4) is 0 Å². The molecule has 0 aromatic carbocycles. The van der Waals surface area contributed by atoms with E-state index >= 15 is 0 Å². The molecule has 0 saturated heterocycles. The molecule has 0 aliphatic carbocycles. The van der Waals surface area contributed by atoms with E-state index in [1.54, 1.807) is 0 Å². The Morgan fingerprint density at radius 3 is 2.60 bits per heavy atom. The van der Waals surface area contributed by atoms with Crippen LogP contribution in [0.25, 0.3) is 0 Å². The van der Waals surface area contributed by atoms with Crippen molar-refractivity contribution in [3.63, 3.8) is 0 Å². The number of phosphoric ester groups is 1. The first-order valence-electron chi connectivity index (χ1n) is 6.86. The molecule has 0 aliphatic heterocycles. The lowest BCUT2D eigenvalue weighted by Gasteiger charge is -2.17. The van der Waals surface area contributed by atoms with Crippen molar-refractivity contribution in [2.24, 2.45) is 5.92 Å². The summed E-state index contributed by atoms with van der Waals surface area (Å²) in [6.07, 6.45) is 5.00. The number of unbranched alkanes of at least 4 members (excludes halogenated alkanes) is 1. The molecule has 7 heteroatoms. The lowest BCUT2D eigenvalue weighted by molar-refractivity contribution is -0.138. The molecule has 118 valence electrons. The molecule has 0 saturated carbocycles. The van der Waals surface area contributed by atoms with E-state index in [-0.39, 0.29) is 25.7 Å². The smallest absolute Gasteiger partial charge is 0.460 e. The van der Waals surface area contributed by atoms with Gasteiger partial charge < -0.3 is 9.63 Å². The fraction of sp³-hybridized carbons (Fsp3) is 0.769. The van der Waals surface area contributed by atoms with Crippen molar-refractivity contribution in [2.75, 3.05) is 19.8 Å². The van der Waals surface area contributed by atoms with Gasteiger partial charge in [0.1, 0.15) is 6.61 Å². The first-order valence-corrected chi connectivity index (χ1v) is 8.35.